The van der Waals surface area contributed by atoms with Gasteiger partial charge in [-0.3, -0.25) is 4.90 Å². The van der Waals surface area contributed by atoms with Gasteiger partial charge in [0.1, 0.15) is 6.67 Å². The second-order valence-corrected chi connectivity index (χ2v) is 2.79. The van der Waals surface area contributed by atoms with E-state index >= 15 is 0 Å². The van der Waals surface area contributed by atoms with Gasteiger partial charge in [-0.25, -0.2) is 4.39 Å². The lowest BCUT2D eigenvalue weighted by molar-refractivity contribution is -0.142. The van der Waals surface area contributed by atoms with Gasteiger partial charge in [0.05, 0.1) is 6.54 Å². The molecule has 0 unspecified atom stereocenters. The molecular weight excluding hydrogens is 188 g/mol. The van der Waals surface area contributed by atoms with Crippen LogP contribution in [-0.2, 0) is 0 Å². The summed E-state index contributed by atoms with van der Waals surface area (Å²) in [6.45, 7) is -0.594. The lowest BCUT2D eigenvalue weighted by Crippen LogP contribution is -2.36. The van der Waals surface area contributed by atoms with Gasteiger partial charge < -0.3 is 5.32 Å². The number of likely N-dealkylation sites (N-methyl/N-ethyl adjacent to an activating group) is 1. The van der Waals surface area contributed by atoms with Crippen LogP contribution in [0.4, 0.5) is 17.6 Å². The lowest BCUT2D eigenvalue weighted by atomic mass is 10.5. The first-order chi connectivity index (χ1) is 5.95. The summed E-state index contributed by atoms with van der Waals surface area (Å²) in [5.41, 5.74) is 0. The first-order valence-corrected chi connectivity index (χ1v) is 3.97. The zero-order valence-electron chi connectivity index (χ0n) is 7.49. The van der Waals surface area contributed by atoms with Gasteiger partial charge in [0.15, 0.2) is 0 Å². The molecule has 0 aliphatic carbocycles. The number of nitrogens with one attached hydrogen (secondary N) is 1. The molecule has 0 bridgehead atoms. The van der Waals surface area contributed by atoms with Gasteiger partial charge in [0.2, 0.25) is 0 Å². The number of alkyl halides is 4. The second kappa shape index (κ2) is 6.15. The van der Waals surface area contributed by atoms with Crippen molar-refractivity contribution in [1.29, 1.82) is 0 Å². The Hall–Kier alpha value is -0.360. The van der Waals surface area contributed by atoms with E-state index in [0.717, 1.165) is 4.90 Å². The van der Waals surface area contributed by atoms with Gasteiger partial charge in [-0.2, -0.15) is 13.2 Å². The number of rotatable bonds is 6. The molecule has 1 N–H and O–H groups in total. The molecule has 0 saturated heterocycles. The third-order valence-electron chi connectivity index (χ3n) is 1.39. The van der Waals surface area contributed by atoms with Gasteiger partial charge in [-0.05, 0) is 7.05 Å². The van der Waals surface area contributed by atoms with Crippen molar-refractivity contribution in [3.63, 3.8) is 0 Å². The lowest BCUT2D eigenvalue weighted by Gasteiger charge is -2.18. The highest BCUT2D eigenvalue weighted by atomic mass is 19.4. The van der Waals surface area contributed by atoms with E-state index in [1.807, 2.05) is 0 Å². The smallest absolute Gasteiger partial charge is 0.313 e. The minimum absolute atomic E-state index is 0.194. The average molecular weight is 202 g/mol. The van der Waals surface area contributed by atoms with Crippen LogP contribution in [0.2, 0.25) is 0 Å². The zero-order chi connectivity index (χ0) is 10.3. The molecule has 0 saturated carbocycles. The van der Waals surface area contributed by atoms with E-state index in [-0.39, 0.29) is 13.1 Å². The minimum Gasteiger partial charge on any atom is -0.313 e. The minimum atomic E-state index is -4.16. The third-order valence-corrected chi connectivity index (χ3v) is 1.39. The molecule has 0 fully saturated rings. The quantitative estimate of drug-likeness (QED) is 0.511. The molecule has 0 aromatic heterocycles. The second-order valence-electron chi connectivity index (χ2n) is 2.79. The molecule has 0 aromatic rings. The molecule has 0 amide bonds. The monoisotopic (exact) mass is 202 g/mol. The Labute approximate surface area is 74.9 Å². The largest absolute Gasteiger partial charge is 0.401 e. The van der Waals surface area contributed by atoms with Gasteiger partial charge in [0, 0.05) is 19.6 Å². The fourth-order valence-electron chi connectivity index (χ4n) is 0.847. The molecule has 80 valence electrons. The molecule has 0 heterocycles. The van der Waals surface area contributed by atoms with Crippen LogP contribution in [0.1, 0.15) is 0 Å². The Balaban J connectivity index is 3.35. The van der Waals surface area contributed by atoms with Crippen LogP contribution in [0.5, 0.6) is 0 Å². The molecule has 0 aliphatic heterocycles. The van der Waals surface area contributed by atoms with Crippen molar-refractivity contribution in [3.8, 4) is 0 Å². The van der Waals surface area contributed by atoms with Gasteiger partial charge in [-0.15, -0.1) is 0 Å². The summed E-state index contributed by atoms with van der Waals surface area (Å²) in [7, 11) is 1.38. The summed E-state index contributed by atoms with van der Waals surface area (Å²) >= 11 is 0. The van der Waals surface area contributed by atoms with Crippen molar-refractivity contribution in [3.05, 3.63) is 0 Å². The Kier molecular flexibility index (Phi) is 5.98. The van der Waals surface area contributed by atoms with E-state index in [1.54, 1.807) is 0 Å². The topological polar surface area (TPSA) is 15.3 Å². The van der Waals surface area contributed by atoms with E-state index in [2.05, 4.69) is 5.32 Å². The highest BCUT2D eigenvalue weighted by Gasteiger charge is 2.28. The van der Waals surface area contributed by atoms with Gasteiger partial charge >= 0.3 is 6.18 Å². The van der Waals surface area contributed by atoms with E-state index in [1.165, 1.54) is 7.05 Å². The number of hydrogen-bond donors (Lipinski definition) is 1. The third kappa shape index (κ3) is 9.55. The van der Waals surface area contributed by atoms with Crippen molar-refractivity contribution in [1.82, 2.24) is 10.2 Å². The standard InChI is InChI=1S/C7H14F4N2/c1-13(6-7(9,10)11)5-4-12-3-2-8/h12H,2-6H2,1H3. The van der Waals surface area contributed by atoms with Crippen LogP contribution in [0.15, 0.2) is 0 Å². The van der Waals surface area contributed by atoms with Crippen molar-refractivity contribution in [2.45, 2.75) is 6.18 Å². The summed E-state index contributed by atoms with van der Waals surface area (Å²) in [5, 5.41) is 2.67. The van der Waals surface area contributed by atoms with Crippen molar-refractivity contribution >= 4 is 0 Å². The molecule has 0 radical (unpaired) electrons. The summed E-state index contributed by atoms with van der Waals surface area (Å²) in [4.78, 5) is 1.14. The fraction of sp³-hybridized carbons (Fsp3) is 1.00. The van der Waals surface area contributed by atoms with Gasteiger partial charge in [0.25, 0.3) is 0 Å². The van der Waals surface area contributed by atoms with E-state index in [0.29, 0.717) is 6.54 Å². The zero-order valence-corrected chi connectivity index (χ0v) is 7.49. The Morgan fingerprint density at radius 3 is 2.31 bits per heavy atom. The summed E-state index contributed by atoms with van der Waals surface area (Å²) in [6, 6.07) is 0. The van der Waals surface area contributed by atoms with Crippen LogP contribution in [0.3, 0.4) is 0 Å². The molecule has 6 heteroatoms. The number of halogens is 4. The first kappa shape index (κ1) is 12.6. The van der Waals surface area contributed by atoms with Crippen LogP contribution >= 0.6 is 0 Å². The maximum absolute atomic E-state index is 11.8. The molecule has 0 aromatic carbocycles. The maximum atomic E-state index is 11.8. The van der Waals surface area contributed by atoms with Crippen molar-refractivity contribution in [2.24, 2.45) is 0 Å². The van der Waals surface area contributed by atoms with Crippen molar-refractivity contribution in [2.75, 3.05) is 39.9 Å². The SMILES string of the molecule is CN(CCNCCF)CC(F)(F)F. The highest BCUT2D eigenvalue weighted by Crippen LogP contribution is 2.14. The molecular formula is C7H14F4N2. The molecule has 0 spiro atoms. The van der Waals surface area contributed by atoms with Crippen molar-refractivity contribution < 1.29 is 17.6 Å². The van der Waals surface area contributed by atoms with E-state index < -0.39 is 19.4 Å². The average Bonchev–Trinajstić information content (AvgIpc) is 1.94. The molecule has 13 heavy (non-hydrogen) atoms. The predicted octanol–water partition coefficient (Wildman–Crippen LogP) is 1.04. The molecule has 2 nitrogen and oxygen atoms in total. The molecule has 0 atom stereocenters. The molecule has 0 aliphatic rings. The summed E-state index contributed by atoms with van der Waals surface area (Å²) in [5.74, 6) is 0. The fourth-order valence-corrected chi connectivity index (χ4v) is 0.847. The number of hydrogen-bond acceptors (Lipinski definition) is 2. The van der Waals surface area contributed by atoms with Gasteiger partial charge in [-0.1, -0.05) is 0 Å². The van der Waals surface area contributed by atoms with Crippen LogP contribution in [0.25, 0.3) is 0 Å². The van der Waals surface area contributed by atoms with Crippen LogP contribution in [0, 0.1) is 0 Å². The normalized spacial score (nSPS) is 12.5. The van der Waals surface area contributed by atoms with E-state index in [4.69, 9.17) is 0 Å². The maximum Gasteiger partial charge on any atom is 0.401 e. The highest BCUT2D eigenvalue weighted by molar-refractivity contribution is 4.59. The Morgan fingerprint density at radius 2 is 1.85 bits per heavy atom. The first-order valence-electron chi connectivity index (χ1n) is 3.97. The Morgan fingerprint density at radius 1 is 1.23 bits per heavy atom. The predicted molar refractivity (Wildman–Crippen MR) is 42.4 cm³/mol. The molecule has 0 rings (SSSR count). The summed E-state index contributed by atoms with van der Waals surface area (Å²) < 4.78 is 46.8. The van der Waals surface area contributed by atoms with Crippen LogP contribution < -0.4 is 5.32 Å². The summed E-state index contributed by atoms with van der Waals surface area (Å²) in [6.07, 6.45) is -4.16. The Bertz CT molecular complexity index is 126. The van der Waals surface area contributed by atoms with Crippen LogP contribution in [-0.4, -0.2) is 51.0 Å². The number of nitrogens with zero attached hydrogens (tertiary/aromatic N) is 1. The van der Waals surface area contributed by atoms with E-state index in [9.17, 15) is 17.6 Å².